The number of hydrogen-bond acceptors (Lipinski definition) is 4. The molecule has 1 aliphatic carbocycles. The Balaban J connectivity index is 2.42. The first-order valence-electron chi connectivity index (χ1n) is 5.03. The minimum atomic E-state index is -3.76. The normalized spacial score (nSPS) is 16.1. The highest BCUT2D eigenvalue weighted by Gasteiger charge is 2.26. The minimum absolute atomic E-state index is 0.0161. The van der Waals surface area contributed by atoms with Crippen LogP contribution in [0.4, 0.5) is 0 Å². The van der Waals surface area contributed by atoms with Gasteiger partial charge in [-0.25, -0.2) is 13.6 Å². The second kappa shape index (κ2) is 4.04. The molecule has 1 fully saturated rings. The molecule has 1 aromatic rings. The van der Waals surface area contributed by atoms with Crippen LogP contribution >= 0.6 is 0 Å². The summed E-state index contributed by atoms with van der Waals surface area (Å²) in [5.41, 5.74) is 6.16. The molecular weight excluding hydrogens is 228 g/mol. The standard InChI is InChI=1S/C10H14N2O3S/c11-6-7-1-4-9(15-8-2-3-8)10(5-7)16(12,13)14/h1,4-5,8H,2-3,6,11H2,(H2,12,13,14). The maximum Gasteiger partial charge on any atom is 0.241 e. The zero-order valence-electron chi connectivity index (χ0n) is 8.72. The van der Waals surface area contributed by atoms with Crippen molar-refractivity contribution in [3.05, 3.63) is 23.8 Å². The zero-order chi connectivity index (χ0) is 11.8. The molecule has 0 aromatic heterocycles. The summed E-state index contributed by atoms with van der Waals surface area (Å²) in [6, 6.07) is 4.82. The number of benzene rings is 1. The van der Waals surface area contributed by atoms with Crippen LogP contribution in [-0.2, 0) is 16.6 Å². The van der Waals surface area contributed by atoms with E-state index in [2.05, 4.69) is 0 Å². The fourth-order valence-corrected chi connectivity index (χ4v) is 2.08. The van der Waals surface area contributed by atoms with Crippen LogP contribution in [0.2, 0.25) is 0 Å². The van der Waals surface area contributed by atoms with Gasteiger partial charge in [0.15, 0.2) is 0 Å². The molecule has 0 radical (unpaired) electrons. The number of primary sulfonamides is 1. The van der Waals surface area contributed by atoms with E-state index in [1.807, 2.05) is 0 Å². The molecule has 88 valence electrons. The lowest BCUT2D eigenvalue weighted by molar-refractivity contribution is 0.295. The predicted octanol–water partition coefficient (Wildman–Crippen LogP) is 0.334. The molecule has 5 nitrogen and oxygen atoms in total. The molecule has 16 heavy (non-hydrogen) atoms. The van der Waals surface area contributed by atoms with Gasteiger partial charge in [-0.15, -0.1) is 0 Å². The molecule has 0 unspecified atom stereocenters. The van der Waals surface area contributed by atoms with Crippen LogP contribution in [0, 0.1) is 0 Å². The molecule has 0 spiro atoms. The second-order valence-electron chi connectivity index (χ2n) is 3.85. The van der Waals surface area contributed by atoms with Gasteiger partial charge in [0.05, 0.1) is 6.10 Å². The Labute approximate surface area is 94.4 Å². The van der Waals surface area contributed by atoms with Crippen molar-refractivity contribution in [1.29, 1.82) is 0 Å². The Morgan fingerprint density at radius 2 is 2.06 bits per heavy atom. The van der Waals surface area contributed by atoms with Crippen molar-refractivity contribution in [2.75, 3.05) is 0 Å². The Kier molecular flexibility index (Phi) is 2.88. The predicted molar refractivity (Wildman–Crippen MR) is 59.4 cm³/mol. The molecule has 1 aromatic carbocycles. The van der Waals surface area contributed by atoms with E-state index < -0.39 is 10.0 Å². The SMILES string of the molecule is NCc1ccc(OC2CC2)c(S(N)(=O)=O)c1. The number of nitrogens with two attached hydrogens (primary N) is 2. The zero-order valence-corrected chi connectivity index (χ0v) is 9.53. The van der Waals surface area contributed by atoms with E-state index in [0.717, 1.165) is 12.8 Å². The van der Waals surface area contributed by atoms with E-state index >= 15 is 0 Å². The second-order valence-corrected chi connectivity index (χ2v) is 5.38. The van der Waals surface area contributed by atoms with Crippen LogP contribution < -0.4 is 15.6 Å². The maximum atomic E-state index is 11.4. The number of sulfonamides is 1. The average Bonchev–Trinajstić information content (AvgIpc) is 3.01. The molecule has 0 aliphatic heterocycles. The highest BCUT2D eigenvalue weighted by atomic mass is 32.2. The summed E-state index contributed by atoms with van der Waals surface area (Å²) < 4.78 is 28.2. The monoisotopic (exact) mass is 242 g/mol. The minimum Gasteiger partial charge on any atom is -0.489 e. The molecule has 0 heterocycles. The van der Waals surface area contributed by atoms with E-state index in [0.29, 0.717) is 11.3 Å². The van der Waals surface area contributed by atoms with Crippen LogP contribution in [-0.4, -0.2) is 14.5 Å². The summed E-state index contributed by atoms with van der Waals surface area (Å²) in [5, 5.41) is 5.13. The van der Waals surface area contributed by atoms with Crippen molar-refractivity contribution < 1.29 is 13.2 Å². The smallest absolute Gasteiger partial charge is 0.241 e. The third-order valence-corrected chi connectivity index (χ3v) is 3.30. The van der Waals surface area contributed by atoms with Gasteiger partial charge in [0.25, 0.3) is 0 Å². The summed E-state index contributed by atoms with van der Waals surface area (Å²) in [5.74, 6) is 0.321. The Morgan fingerprint density at radius 1 is 1.38 bits per heavy atom. The van der Waals surface area contributed by atoms with Crippen molar-refractivity contribution in [2.24, 2.45) is 10.9 Å². The van der Waals surface area contributed by atoms with Gasteiger partial charge in [-0.05, 0) is 30.5 Å². The summed E-state index contributed by atoms with van der Waals surface area (Å²) in [7, 11) is -3.76. The van der Waals surface area contributed by atoms with Crippen LogP contribution in [0.1, 0.15) is 18.4 Å². The first-order valence-corrected chi connectivity index (χ1v) is 6.58. The lowest BCUT2D eigenvalue weighted by Gasteiger charge is -2.10. The van der Waals surface area contributed by atoms with E-state index in [1.54, 1.807) is 12.1 Å². The fourth-order valence-electron chi connectivity index (χ4n) is 1.36. The van der Waals surface area contributed by atoms with Gasteiger partial charge in [0, 0.05) is 6.54 Å². The van der Waals surface area contributed by atoms with Gasteiger partial charge in [-0.3, -0.25) is 0 Å². The fraction of sp³-hybridized carbons (Fsp3) is 0.400. The highest BCUT2D eigenvalue weighted by Crippen LogP contribution is 2.31. The highest BCUT2D eigenvalue weighted by molar-refractivity contribution is 7.89. The average molecular weight is 242 g/mol. The Hall–Kier alpha value is -1.11. The molecule has 6 heteroatoms. The number of ether oxygens (including phenoxy) is 1. The van der Waals surface area contributed by atoms with Crippen molar-refractivity contribution >= 4 is 10.0 Å². The van der Waals surface area contributed by atoms with Crippen molar-refractivity contribution in [2.45, 2.75) is 30.4 Å². The Bertz CT molecular complexity index is 495. The van der Waals surface area contributed by atoms with Crippen molar-refractivity contribution in [1.82, 2.24) is 0 Å². The molecule has 4 N–H and O–H groups in total. The van der Waals surface area contributed by atoms with E-state index in [4.69, 9.17) is 15.6 Å². The van der Waals surface area contributed by atoms with Crippen LogP contribution in [0.25, 0.3) is 0 Å². The quantitative estimate of drug-likeness (QED) is 0.795. The summed E-state index contributed by atoms with van der Waals surface area (Å²) in [6.07, 6.45) is 2.05. The summed E-state index contributed by atoms with van der Waals surface area (Å²) in [6.45, 7) is 0.270. The molecule has 0 saturated heterocycles. The first kappa shape index (κ1) is 11.4. The van der Waals surface area contributed by atoms with Crippen LogP contribution in [0.15, 0.2) is 23.1 Å². The molecule has 1 saturated carbocycles. The lowest BCUT2D eigenvalue weighted by atomic mass is 10.2. The van der Waals surface area contributed by atoms with Gasteiger partial charge in [-0.1, -0.05) is 6.07 Å². The molecule has 0 bridgehead atoms. The molecule has 2 rings (SSSR count). The molecule has 0 amide bonds. The molecular formula is C10H14N2O3S. The molecule has 1 aliphatic rings. The van der Waals surface area contributed by atoms with Crippen LogP contribution in [0.5, 0.6) is 5.75 Å². The largest absolute Gasteiger partial charge is 0.489 e. The van der Waals surface area contributed by atoms with Gasteiger partial charge in [0.1, 0.15) is 10.6 Å². The maximum absolute atomic E-state index is 11.4. The van der Waals surface area contributed by atoms with Crippen molar-refractivity contribution in [3.8, 4) is 5.75 Å². The lowest BCUT2D eigenvalue weighted by Crippen LogP contribution is -2.15. The number of hydrogen-bond donors (Lipinski definition) is 2. The third kappa shape index (κ3) is 2.52. The van der Waals surface area contributed by atoms with Gasteiger partial charge >= 0.3 is 0 Å². The Morgan fingerprint density at radius 3 is 2.56 bits per heavy atom. The third-order valence-electron chi connectivity index (χ3n) is 2.37. The van der Waals surface area contributed by atoms with Gasteiger partial charge in [0.2, 0.25) is 10.0 Å². The van der Waals surface area contributed by atoms with E-state index in [9.17, 15) is 8.42 Å². The first-order chi connectivity index (χ1) is 7.50. The van der Waals surface area contributed by atoms with Crippen molar-refractivity contribution in [3.63, 3.8) is 0 Å². The van der Waals surface area contributed by atoms with Gasteiger partial charge in [-0.2, -0.15) is 0 Å². The van der Waals surface area contributed by atoms with E-state index in [1.165, 1.54) is 6.07 Å². The summed E-state index contributed by atoms with van der Waals surface area (Å²) >= 11 is 0. The van der Waals surface area contributed by atoms with E-state index in [-0.39, 0.29) is 17.5 Å². The topological polar surface area (TPSA) is 95.4 Å². The van der Waals surface area contributed by atoms with Gasteiger partial charge < -0.3 is 10.5 Å². The molecule has 0 atom stereocenters. The summed E-state index contributed by atoms with van der Waals surface area (Å²) in [4.78, 5) is 0.0161. The number of rotatable bonds is 4. The van der Waals surface area contributed by atoms with Crippen LogP contribution in [0.3, 0.4) is 0 Å².